The van der Waals surface area contributed by atoms with Gasteiger partial charge >= 0.3 is 0 Å². The van der Waals surface area contributed by atoms with E-state index in [1.807, 2.05) is 18.3 Å². The molecule has 2 nitrogen and oxygen atoms in total. The van der Waals surface area contributed by atoms with Gasteiger partial charge in [0.15, 0.2) is 0 Å². The van der Waals surface area contributed by atoms with Crippen LogP contribution in [0.2, 0.25) is 0 Å². The van der Waals surface area contributed by atoms with Crippen molar-refractivity contribution in [1.82, 2.24) is 4.90 Å². The molecule has 2 N–H and O–H groups in total. The first-order valence-corrected chi connectivity index (χ1v) is 7.09. The third-order valence-corrected chi connectivity index (χ3v) is 4.05. The Morgan fingerprint density at radius 3 is 2.78 bits per heavy atom. The Hall–Kier alpha value is -1.32. The molecule has 96 valence electrons. The molecule has 18 heavy (non-hydrogen) atoms. The molecule has 2 rings (SSSR count). The zero-order valence-electron chi connectivity index (χ0n) is 11.0. The number of nitrogen functional groups attached to an aromatic ring is 1. The summed E-state index contributed by atoms with van der Waals surface area (Å²) in [5.74, 6) is 0. The lowest BCUT2D eigenvalue weighted by Gasteiger charge is -2.16. The van der Waals surface area contributed by atoms with E-state index in [1.165, 1.54) is 10.4 Å². The van der Waals surface area contributed by atoms with E-state index in [1.54, 1.807) is 0 Å². The van der Waals surface area contributed by atoms with Gasteiger partial charge in [-0.3, -0.25) is 0 Å². The third kappa shape index (κ3) is 3.59. The lowest BCUT2D eigenvalue weighted by molar-refractivity contribution is 0.332. The second-order valence-corrected chi connectivity index (χ2v) is 5.79. The molecular formula is C15H20N2S. The number of benzene rings is 1. The lowest BCUT2D eigenvalue weighted by atomic mass is 10.1. The number of hydrogen-bond acceptors (Lipinski definition) is 3. The van der Waals surface area contributed by atoms with E-state index in [0.29, 0.717) is 0 Å². The number of rotatable bonds is 5. The van der Waals surface area contributed by atoms with Gasteiger partial charge in [-0.2, -0.15) is 0 Å². The molecule has 0 bridgehead atoms. The van der Waals surface area contributed by atoms with Gasteiger partial charge in [0, 0.05) is 23.7 Å². The Morgan fingerprint density at radius 1 is 1.28 bits per heavy atom. The zero-order valence-corrected chi connectivity index (χ0v) is 11.8. The minimum absolute atomic E-state index is 0.888. The van der Waals surface area contributed by atoms with Gasteiger partial charge in [0.1, 0.15) is 0 Å². The number of likely N-dealkylation sites (N-methyl/N-ethyl adjacent to an activating group) is 1. The van der Waals surface area contributed by atoms with E-state index in [0.717, 1.165) is 30.8 Å². The van der Waals surface area contributed by atoms with Gasteiger partial charge in [-0.05, 0) is 49.0 Å². The Bertz CT molecular complexity index is 491. The van der Waals surface area contributed by atoms with Crippen LogP contribution in [0.3, 0.4) is 0 Å². The average Bonchev–Trinajstić information content (AvgIpc) is 2.84. The van der Waals surface area contributed by atoms with Crippen LogP contribution >= 0.6 is 11.3 Å². The summed E-state index contributed by atoms with van der Waals surface area (Å²) in [6, 6.07) is 10.6. The van der Waals surface area contributed by atoms with Gasteiger partial charge in [0.05, 0.1) is 0 Å². The van der Waals surface area contributed by atoms with Gasteiger partial charge in [-0.15, -0.1) is 11.3 Å². The number of nitrogens with two attached hydrogens (primary N) is 1. The molecular weight excluding hydrogens is 240 g/mol. The fraction of sp³-hybridized carbons (Fsp3) is 0.333. The van der Waals surface area contributed by atoms with Gasteiger partial charge in [-0.1, -0.05) is 18.2 Å². The molecule has 1 aromatic carbocycles. The predicted molar refractivity (Wildman–Crippen MR) is 79.9 cm³/mol. The molecule has 0 saturated heterocycles. The molecule has 1 aromatic heterocycles. The highest BCUT2D eigenvalue weighted by atomic mass is 32.1. The largest absolute Gasteiger partial charge is 0.399 e. The Morgan fingerprint density at radius 2 is 2.11 bits per heavy atom. The smallest absolute Gasteiger partial charge is 0.0346 e. The Kier molecular flexibility index (Phi) is 4.39. The maximum absolute atomic E-state index is 5.93. The van der Waals surface area contributed by atoms with Crippen LogP contribution in [0.15, 0.2) is 35.7 Å². The lowest BCUT2D eigenvalue weighted by Crippen LogP contribution is -2.20. The van der Waals surface area contributed by atoms with Crippen molar-refractivity contribution in [2.75, 3.05) is 19.3 Å². The SMILES string of the molecule is Cc1ccc(CN(C)CCc2cccs2)cc1N. The standard InChI is InChI=1S/C15H20N2S/c1-12-5-6-13(10-15(12)16)11-17(2)8-7-14-4-3-9-18-14/h3-6,9-10H,7-8,11,16H2,1-2H3. The molecule has 0 amide bonds. The summed E-state index contributed by atoms with van der Waals surface area (Å²) in [5, 5.41) is 2.13. The number of thiophene rings is 1. The molecule has 0 spiro atoms. The highest BCUT2D eigenvalue weighted by Gasteiger charge is 2.03. The summed E-state index contributed by atoms with van der Waals surface area (Å²) < 4.78 is 0. The molecule has 1 heterocycles. The van der Waals surface area contributed by atoms with Crippen LogP contribution < -0.4 is 5.73 Å². The predicted octanol–water partition coefficient (Wildman–Crippen LogP) is 3.31. The topological polar surface area (TPSA) is 29.3 Å². The maximum atomic E-state index is 5.93. The molecule has 0 radical (unpaired) electrons. The van der Waals surface area contributed by atoms with E-state index >= 15 is 0 Å². The zero-order chi connectivity index (χ0) is 13.0. The van der Waals surface area contributed by atoms with Crippen LogP contribution in [0.4, 0.5) is 5.69 Å². The van der Waals surface area contributed by atoms with E-state index in [9.17, 15) is 0 Å². The molecule has 3 heteroatoms. The van der Waals surface area contributed by atoms with Crippen LogP contribution in [0.1, 0.15) is 16.0 Å². The van der Waals surface area contributed by atoms with E-state index in [-0.39, 0.29) is 0 Å². The fourth-order valence-corrected chi connectivity index (χ4v) is 2.63. The molecule has 0 saturated carbocycles. The van der Waals surface area contributed by atoms with Gasteiger partial charge in [-0.25, -0.2) is 0 Å². The summed E-state index contributed by atoms with van der Waals surface area (Å²) in [6.07, 6.45) is 1.12. The summed E-state index contributed by atoms with van der Waals surface area (Å²) in [5.41, 5.74) is 9.26. The quantitative estimate of drug-likeness (QED) is 0.836. The van der Waals surface area contributed by atoms with Crippen LogP contribution in [-0.2, 0) is 13.0 Å². The van der Waals surface area contributed by atoms with Crippen molar-refractivity contribution in [1.29, 1.82) is 0 Å². The molecule has 0 unspecified atom stereocenters. The van der Waals surface area contributed by atoms with Crippen molar-refractivity contribution in [3.05, 3.63) is 51.7 Å². The van der Waals surface area contributed by atoms with Gasteiger partial charge < -0.3 is 10.6 Å². The second kappa shape index (κ2) is 6.03. The third-order valence-electron chi connectivity index (χ3n) is 3.12. The maximum Gasteiger partial charge on any atom is 0.0346 e. The molecule has 0 fully saturated rings. The molecule has 2 aromatic rings. The Balaban J connectivity index is 1.86. The fourth-order valence-electron chi connectivity index (χ4n) is 1.93. The van der Waals surface area contributed by atoms with Crippen molar-refractivity contribution in [2.45, 2.75) is 19.9 Å². The molecule has 0 aliphatic rings. The summed E-state index contributed by atoms with van der Waals surface area (Å²) >= 11 is 1.83. The first-order valence-electron chi connectivity index (χ1n) is 6.21. The number of aryl methyl sites for hydroxylation is 1. The van der Waals surface area contributed by atoms with Gasteiger partial charge in [0.25, 0.3) is 0 Å². The first-order chi connectivity index (χ1) is 8.65. The summed E-state index contributed by atoms with van der Waals surface area (Å²) in [6.45, 7) is 4.07. The minimum Gasteiger partial charge on any atom is -0.399 e. The van der Waals surface area contributed by atoms with Crippen LogP contribution in [0.5, 0.6) is 0 Å². The number of anilines is 1. The van der Waals surface area contributed by atoms with Crippen molar-refractivity contribution >= 4 is 17.0 Å². The van der Waals surface area contributed by atoms with Crippen molar-refractivity contribution in [3.63, 3.8) is 0 Å². The summed E-state index contributed by atoms with van der Waals surface area (Å²) in [7, 11) is 2.16. The van der Waals surface area contributed by atoms with Crippen LogP contribution in [-0.4, -0.2) is 18.5 Å². The van der Waals surface area contributed by atoms with Crippen molar-refractivity contribution in [2.24, 2.45) is 0 Å². The van der Waals surface area contributed by atoms with Crippen LogP contribution in [0.25, 0.3) is 0 Å². The number of hydrogen-bond donors (Lipinski definition) is 1. The summed E-state index contributed by atoms with van der Waals surface area (Å²) in [4.78, 5) is 3.79. The first kappa shape index (κ1) is 13.1. The number of nitrogens with zero attached hydrogens (tertiary/aromatic N) is 1. The Labute approximate surface area is 113 Å². The second-order valence-electron chi connectivity index (χ2n) is 4.76. The van der Waals surface area contributed by atoms with E-state index in [2.05, 4.69) is 47.7 Å². The molecule has 0 aliphatic heterocycles. The highest BCUT2D eigenvalue weighted by Crippen LogP contribution is 2.15. The van der Waals surface area contributed by atoms with Crippen molar-refractivity contribution in [3.8, 4) is 0 Å². The van der Waals surface area contributed by atoms with Crippen LogP contribution in [0, 0.1) is 6.92 Å². The molecule has 0 aliphatic carbocycles. The van der Waals surface area contributed by atoms with E-state index < -0.39 is 0 Å². The normalized spacial score (nSPS) is 11.1. The van der Waals surface area contributed by atoms with E-state index in [4.69, 9.17) is 5.73 Å². The highest BCUT2D eigenvalue weighted by molar-refractivity contribution is 7.09. The molecule has 0 atom stereocenters. The minimum atomic E-state index is 0.888. The van der Waals surface area contributed by atoms with Gasteiger partial charge in [0.2, 0.25) is 0 Å². The van der Waals surface area contributed by atoms with Crippen molar-refractivity contribution < 1.29 is 0 Å². The monoisotopic (exact) mass is 260 g/mol. The average molecular weight is 260 g/mol.